The average Bonchev–Trinajstić information content (AvgIpc) is 3.36. The van der Waals surface area contributed by atoms with Gasteiger partial charge in [0.2, 0.25) is 11.8 Å². The SMILES string of the molecule is Cc1ccccc1Cc1noc(C2CNN3C(C4CCNCC4)=CC(=O)NC23)n1. The number of hydrogen-bond donors (Lipinski definition) is 3. The first-order chi connectivity index (χ1) is 14.2. The summed E-state index contributed by atoms with van der Waals surface area (Å²) in [5, 5.41) is 12.8. The summed E-state index contributed by atoms with van der Waals surface area (Å²) in [6.07, 6.45) is 4.24. The van der Waals surface area contributed by atoms with E-state index in [-0.39, 0.29) is 18.0 Å². The van der Waals surface area contributed by atoms with E-state index in [1.54, 1.807) is 6.08 Å². The van der Waals surface area contributed by atoms with Crippen molar-refractivity contribution in [2.75, 3.05) is 19.6 Å². The lowest BCUT2D eigenvalue weighted by Crippen LogP contribution is -2.53. The number of hydrazine groups is 1. The monoisotopic (exact) mass is 394 g/mol. The molecule has 2 unspecified atom stereocenters. The fourth-order valence-electron chi connectivity index (χ4n) is 4.52. The molecule has 1 aromatic carbocycles. The highest BCUT2D eigenvalue weighted by atomic mass is 16.5. The molecule has 2 fully saturated rings. The topological polar surface area (TPSA) is 95.3 Å². The second-order valence-electron chi connectivity index (χ2n) is 8.04. The maximum atomic E-state index is 12.4. The van der Waals surface area contributed by atoms with Crippen molar-refractivity contribution in [1.82, 2.24) is 31.2 Å². The summed E-state index contributed by atoms with van der Waals surface area (Å²) < 4.78 is 5.62. The maximum absolute atomic E-state index is 12.4. The van der Waals surface area contributed by atoms with Crippen molar-refractivity contribution in [1.29, 1.82) is 0 Å². The van der Waals surface area contributed by atoms with E-state index in [0.717, 1.165) is 31.6 Å². The Hall–Kier alpha value is -2.71. The van der Waals surface area contributed by atoms with Crippen LogP contribution >= 0.6 is 0 Å². The van der Waals surface area contributed by atoms with Crippen molar-refractivity contribution < 1.29 is 9.32 Å². The molecule has 2 saturated heterocycles. The number of amides is 1. The molecular formula is C21H26N6O2. The number of nitrogens with one attached hydrogen (secondary N) is 3. The summed E-state index contributed by atoms with van der Waals surface area (Å²) in [7, 11) is 0. The fourth-order valence-corrected chi connectivity index (χ4v) is 4.52. The minimum atomic E-state index is -0.204. The number of aromatic nitrogens is 2. The van der Waals surface area contributed by atoms with Crippen molar-refractivity contribution in [2.45, 2.75) is 38.3 Å². The molecule has 3 N–H and O–H groups in total. The molecule has 3 aliphatic rings. The molecule has 4 heterocycles. The Morgan fingerprint density at radius 3 is 2.90 bits per heavy atom. The van der Waals surface area contributed by atoms with Crippen LogP contribution in [0.3, 0.4) is 0 Å². The molecule has 0 saturated carbocycles. The van der Waals surface area contributed by atoms with Crippen LogP contribution in [0.2, 0.25) is 0 Å². The molecule has 0 radical (unpaired) electrons. The minimum Gasteiger partial charge on any atom is -0.339 e. The van der Waals surface area contributed by atoms with Gasteiger partial charge >= 0.3 is 0 Å². The largest absolute Gasteiger partial charge is 0.339 e. The minimum absolute atomic E-state index is 0.0480. The van der Waals surface area contributed by atoms with Gasteiger partial charge in [-0.2, -0.15) is 4.98 Å². The van der Waals surface area contributed by atoms with Gasteiger partial charge in [-0.1, -0.05) is 29.4 Å². The zero-order valence-corrected chi connectivity index (χ0v) is 16.5. The van der Waals surface area contributed by atoms with Gasteiger partial charge in [0.1, 0.15) is 6.17 Å². The number of nitrogens with zero attached hydrogens (tertiary/aromatic N) is 3. The van der Waals surface area contributed by atoms with Crippen LogP contribution in [-0.2, 0) is 11.2 Å². The Kier molecular flexibility index (Phi) is 4.81. The molecule has 29 heavy (non-hydrogen) atoms. The number of hydrogen-bond acceptors (Lipinski definition) is 7. The highest BCUT2D eigenvalue weighted by Crippen LogP contribution is 2.34. The molecule has 1 amide bonds. The normalized spacial score (nSPS) is 24.9. The highest BCUT2D eigenvalue weighted by Gasteiger charge is 2.44. The van der Waals surface area contributed by atoms with Crippen LogP contribution in [0.15, 0.2) is 40.6 Å². The number of piperidine rings is 1. The Labute approximate surface area is 169 Å². The van der Waals surface area contributed by atoms with Crippen molar-refractivity contribution in [3.05, 3.63) is 58.9 Å². The van der Waals surface area contributed by atoms with Gasteiger partial charge in [-0.25, -0.2) is 5.43 Å². The number of aryl methyl sites for hydroxylation is 1. The molecule has 0 spiro atoms. The highest BCUT2D eigenvalue weighted by molar-refractivity contribution is 5.89. The van der Waals surface area contributed by atoms with Gasteiger partial charge in [-0.05, 0) is 44.0 Å². The van der Waals surface area contributed by atoms with Crippen molar-refractivity contribution in [2.24, 2.45) is 5.92 Å². The van der Waals surface area contributed by atoms with E-state index in [9.17, 15) is 4.79 Å². The zero-order valence-electron chi connectivity index (χ0n) is 16.5. The molecule has 1 aromatic heterocycles. The van der Waals surface area contributed by atoms with E-state index >= 15 is 0 Å². The van der Waals surface area contributed by atoms with Crippen molar-refractivity contribution >= 4 is 5.91 Å². The molecule has 0 bridgehead atoms. The van der Waals surface area contributed by atoms with Crippen LogP contribution in [0.5, 0.6) is 0 Å². The summed E-state index contributed by atoms with van der Waals surface area (Å²) in [6, 6.07) is 8.22. The predicted octanol–water partition coefficient (Wildman–Crippen LogP) is 1.21. The van der Waals surface area contributed by atoms with Gasteiger partial charge in [-0.3, -0.25) is 9.80 Å². The summed E-state index contributed by atoms with van der Waals surface area (Å²) in [4.78, 5) is 17.1. The quantitative estimate of drug-likeness (QED) is 0.717. The van der Waals surface area contributed by atoms with Crippen molar-refractivity contribution in [3.63, 3.8) is 0 Å². The van der Waals surface area contributed by atoms with E-state index in [4.69, 9.17) is 4.52 Å². The van der Waals surface area contributed by atoms with Crippen LogP contribution < -0.4 is 16.1 Å². The van der Waals surface area contributed by atoms with Gasteiger partial charge in [-0.15, -0.1) is 0 Å². The average molecular weight is 394 g/mol. The van der Waals surface area contributed by atoms with Gasteiger partial charge in [0.05, 0.1) is 5.92 Å². The third-order valence-electron chi connectivity index (χ3n) is 6.16. The Bertz CT molecular complexity index is 933. The molecule has 8 nitrogen and oxygen atoms in total. The van der Waals surface area contributed by atoms with Crippen LogP contribution in [0.25, 0.3) is 0 Å². The van der Waals surface area contributed by atoms with E-state index in [1.165, 1.54) is 11.1 Å². The first-order valence-corrected chi connectivity index (χ1v) is 10.3. The lowest BCUT2D eigenvalue weighted by molar-refractivity contribution is -0.119. The summed E-state index contributed by atoms with van der Waals surface area (Å²) in [5.74, 6) is 1.50. The third kappa shape index (κ3) is 3.54. The summed E-state index contributed by atoms with van der Waals surface area (Å²) >= 11 is 0. The number of carbonyl (C=O) groups is 1. The lowest BCUT2D eigenvalue weighted by atomic mass is 9.92. The molecule has 3 aliphatic heterocycles. The number of rotatable bonds is 4. The predicted molar refractivity (Wildman–Crippen MR) is 106 cm³/mol. The van der Waals surface area contributed by atoms with Crippen LogP contribution in [-0.4, -0.2) is 46.9 Å². The maximum Gasteiger partial charge on any atom is 0.247 e. The Morgan fingerprint density at radius 2 is 2.07 bits per heavy atom. The molecule has 5 rings (SSSR count). The summed E-state index contributed by atoms with van der Waals surface area (Å²) in [5.41, 5.74) is 6.92. The molecule has 152 valence electrons. The van der Waals surface area contributed by atoms with Crippen LogP contribution in [0.4, 0.5) is 0 Å². The molecule has 0 aliphatic carbocycles. The first kappa shape index (κ1) is 18.3. The lowest BCUT2D eigenvalue weighted by Gasteiger charge is -2.38. The van der Waals surface area contributed by atoms with E-state index in [2.05, 4.69) is 50.3 Å². The Balaban J connectivity index is 1.34. The Morgan fingerprint density at radius 1 is 1.24 bits per heavy atom. The zero-order chi connectivity index (χ0) is 19.8. The number of benzene rings is 1. The second kappa shape index (κ2) is 7.61. The standard InChI is InChI=1S/C21H26N6O2/c1-13-4-2-3-5-15(13)10-18-24-21(29-26-18)16-12-23-27-17(11-19(28)25-20(16)27)14-6-8-22-9-7-14/h2-5,11,14,16,20,22-23H,6-10,12H2,1H3,(H,25,28). The van der Waals surface area contributed by atoms with Gasteiger partial charge in [0.15, 0.2) is 5.82 Å². The molecular weight excluding hydrogens is 368 g/mol. The fraction of sp³-hybridized carbons (Fsp3) is 0.476. The van der Waals surface area contributed by atoms with E-state index in [0.29, 0.717) is 30.6 Å². The van der Waals surface area contributed by atoms with E-state index < -0.39 is 0 Å². The van der Waals surface area contributed by atoms with Gasteiger partial charge in [0, 0.05) is 30.7 Å². The van der Waals surface area contributed by atoms with Crippen LogP contribution in [0, 0.1) is 12.8 Å². The summed E-state index contributed by atoms with van der Waals surface area (Å²) in [6.45, 7) is 4.70. The molecule has 2 aromatic rings. The second-order valence-corrected chi connectivity index (χ2v) is 8.04. The smallest absolute Gasteiger partial charge is 0.247 e. The van der Waals surface area contributed by atoms with Gasteiger partial charge in [0.25, 0.3) is 0 Å². The van der Waals surface area contributed by atoms with Gasteiger partial charge < -0.3 is 15.2 Å². The number of fused-ring (bicyclic) bond motifs is 1. The molecule has 8 heteroatoms. The first-order valence-electron chi connectivity index (χ1n) is 10.3. The third-order valence-corrected chi connectivity index (χ3v) is 6.16. The number of carbonyl (C=O) groups excluding carboxylic acids is 1. The molecule has 2 atom stereocenters. The van der Waals surface area contributed by atoms with Crippen molar-refractivity contribution in [3.8, 4) is 0 Å². The number of allylic oxidation sites excluding steroid dienone is 1. The van der Waals surface area contributed by atoms with Crippen LogP contribution in [0.1, 0.15) is 41.6 Å². The van der Waals surface area contributed by atoms with E-state index in [1.807, 2.05) is 12.1 Å².